The van der Waals surface area contributed by atoms with Crippen LogP contribution in [-0.2, 0) is 12.2 Å². The van der Waals surface area contributed by atoms with Crippen LogP contribution in [0.5, 0.6) is 0 Å². The number of aryl methyl sites for hydroxylation is 1. The van der Waals surface area contributed by atoms with Gasteiger partial charge in [0.15, 0.2) is 4.96 Å². The number of thiophene rings is 1. The smallest absolute Gasteiger partial charge is 0.258 e. The third-order valence-electron chi connectivity index (χ3n) is 3.41. The lowest BCUT2D eigenvalue weighted by atomic mass is 10.3. The van der Waals surface area contributed by atoms with Crippen molar-refractivity contribution in [3.8, 4) is 0 Å². The van der Waals surface area contributed by atoms with E-state index < -0.39 is 0 Å². The normalized spacial score (nSPS) is 11.5. The van der Waals surface area contributed by atoms with Gasteiger partial charge in [-0.05, 0) is 12.5 Å². The summed E-state index contributed by atoms with van der Waals surface area (Å²) in [7, 11) is 0. The van der Waals surface area contributed by atoms with Crippen molar-refractivity contribution in [3.05, 3.63) is 51.0 Å². The monoisotopic (exact) mass is 360 g/mol. The average Bonchev–Trinajstić information content (AvgIpc) is 3.19. The van der Waals surface area contributed by atoms with Crippen LogP contribution in [0.25, 0.3) is 15.2 Å². The molecule has 4 aromatic rings. The molecule has 0 radical (unpaired) electrons. The molecule has 0 amide bonds. The number of fused-ring (bicyclic) bond motifs is 2. The van der Waals surface area contributed by atoms with Crippen molar-refractivity contribution in [3.63, 3.8) is 0 Å². The molecule has 4 heterocycles. The van der Waals surface area contributed by atoms with Crippen LogP contribution < -0.4 is 5.56 Å². The molecule has 0 N–H and O–H groups in total. The maximum absolute atomic E-state index is 12.0. The summed E-state index contributed by atoms with van der Waals surface area (Å²) in [5.74, 6) is 0.618. The van der Waals surface area contributed by atoms with Crippen LogP contribution in [0.2, 0.25) is 0 Å². The molecule has 0 saturated heterocycles. The van der Waals surface area contributed by atoms with Crippen molar-refractivity contribution in [2.24, 2.45) is 0 Å². The standard InChI is InChI=1S/C15H12N4OS3/c1-2-10-6-11-13(16-8-17-14(11)23-10)22-7-9-5-12(20)19-3-4-21-15(19)18-9/h3-6,8H,2,7H2,1H3. The molecule has 4 rings (SSSR count). The number of aromatic nitrogens is 4. The molecule has 0 spiro atoms. The highest BCUT2D eigenvalue weighted by molar-refractivity contribution is 7.98. The van der Waals surface area contributed by atoms with Gasteiger partial charge in [-0.3, -0.25) is 9.20 Å². The van der Waals surface area contributed by atoms with Crippen LogP contribution in [0, 0.1) is 0 Å². The van der Waals surface area contributed by atoms with Gasteiger partial charge in [-0.1, -0.05) is 18.7 Å². The Balaban J connectivity index is 1.65. The zero-order chi connectivity index (χ0) is 15.8. The Labute approximate surface area is 144 Å². The van der Waals surface area contributed by atoms with Gasteiger partial charge in [0.2, 0.25) is 0 Å². The second-order valence-corrected chi connectivity index (χ2v) is 7.85. The van der Waals surface area contributed by atoms with Crippen LogP contribution in [0.1, 0.15) is 17.5 Å². The fourth-order valence-corrected chi connectivity index (χ4v) is 4.88. The summed E-state index contributed by atoms with van der Waals surface area (Å²) >= 11 is 4.77. The molecule has 8 heteroatoms. The Morgan fingerprint density at radius 3 is 3.09 bits per heavy atom. The van der Waals surface area contributed by atoms with Crippen molar-refractivity contribution >= 4 is 49.6 Å². The molecule has 0 aromatic carbocycles. The van der Waals surface area contributed by atoms with Gasteiger partial charge in [0.25, 0.3) is 5.56 Å². The molecule has 5 nitrogen and oxygen atoms in total. The molecule has 0 aliphatic rings. The highest BCUT2D eigenvalue weighted by atomic mass is 32.2. The van der Waals surface area contributed by atoms with Gasteiger partial charge in [0, 0.05) is 33.7 Å². The molecule has 0 aliphatic heterocycles. The maximum atomic E-state index is 12.0. The lowest BCUT2D eigenvalue weighted by Gasteiger charge is -2.02. The Bertz CT molecular complexity index is 1050. The fourth-order valence-electron chi connectivity index (χ4n) is 2.28. The van der Waals surface area contributed by atoms with Gasteiger partial charge in [-0.2, -0.15) is 0 Å². The third-order valence-corrected chi connectivity index (χ3v) is 6.39. The first-order valence-corrected chi connectivity index (χ1v) is 9.75. The van der Waals surface area contributed by atoms with E-state index in [9.17, 15) is 4.79 Å². The molecular formula is C15H12N4OS3. The molecular weight excluding hydrogens is 348 g/mol. The van der Waals surface area contributed by atoms with Crippen LogP contribution in [-0.4, -0.2) is 19.4 Å². The second-order valence-electron chi connectivity index (χ2n) is 4.89. The van der Waals surface area contributed by atoms with Crippen molar-refractivity contribution < 1.29 is 0 Å². The van der Waals surface area contributed by atoms with E-state index in [0.29, 0.717) is 5.75 Å². The summed E-state index contributed by atoms with van der Waals surface area (Å²) < 4.78 is 1.56. The molecule has 0 atom stereocenters. The fraction of sp³-hybridized carbons (Fsp3) is 0.200. The zero-order valence-corrected chi connectivity index (χ0v) is 14.7. The van der Waals surface area contributed by atoms with Gasteiger partial charge in [-0.25, -0.2) is 15.0 Å². The van der Waals surface area contributed by atoms with E-state index in [1.165, 1.54) is 16.2 Å². The van der Waals surface area contributed by atoms with Crippen molar-refractivity contribution in [1.82, 2.24) is 19.4 Å². The number of nitrogens with zero attached hydrogens (tertiary/aromatic N) is 4. The Morgan fingerprint density at radius 1 is 1.30 bits per heavy atom. The van der Waals surface area contributed by atoms with Crippen LogP contribution in [0.3, 0.4) is 0 Å². The Hall–Kier alpha value is -1.77. The molecule has 0 fully saturated rings. The van der Waals surface area contributed by atoms with E-state index in [1.807, 2.05) is 5.38 Å². The number of rotatable bonds is 4. The lowest BCUT2D eigenvalue weighted by Crippen LogP contribution is -2.12. The maximum Gasteiger partial charge on any atom is 0.258 e. The van der Waals surface area contributed by atoms with Crippen molar-refractivity contribution in [2.75, 3.05) is 0 Å². The highest BCUT2D eigenvalue weighted by Crippen LogP contribution is 2.32. The predicted molar refractivity (Wildman–Crippen MR) is 95.7 cm³/mol. The third kappa shape index (κ3) is 2.77. The van der Waals surface area contributed by atoms with Crippen LogP contribution in [0.15, 0.2) is 39.9 Å². The molecule has 0 unspecified atom stereocenters. The molecule has 4 aromatic heterocycles. The Kier molecular flexibility index (Phi) is 3.88. The number of hydrogen-bond donors (Lipinski definition) is 0. The van der Waals surface area contributed by atoms with E-state index in [0.717, 1.165) is 32.3 Å². The number of hydrogen-bond acceptors (Lipinski definition) is 7. The van der Waals surface area contributed by atoms with Gasteiger partial charge < -0.3 is 0 Å². The first kappa shape index (κ1) is 14.8. The van der Waals surface area contributed by atoms with E-state index in [1.54, 1.807) is 46.1 Å². The Morgan fingerprint density at radius 2 is 2.22 bits per heavy atom. The first-order valence-electron chi connectivity index (χ1n) is 7.06. The largest absolute Gasteiger partial charge is 0.269 e. The highest BCUT2D eigenvalue weighted by Gasteiger charge is 2.10. The molecule has 23 heavy (non-hydrogen) atoms. The van der Waals surface area contributed by atoms with Gasteiger partial charge in [0.05, 0.1) is 5.69 Å². The SMILES string of the molecule is CCc1cc2c(SCc3cc(=O)n4ccsc4n3)ncnc2s1. The van der Waals surface area contributed by atoms with Crippen LogP contribution in [0.4, 0.5) is 0 Å². The first-order chi connectivity index (χ1) is 11.2. The van der Waals surface area contributed by atoms with E-state index in [2.05, 4.69) is 27.9 Å². The van der Waals surface area contributed by atoms with E-state index >= 15 is 0 Å². The van der Waals surface area contributed by atoms with Gasteiger partial charge in [-0.15, -0.1) is 22.7 Å². The minimum atomic E-state index is -0.0384. The topological polar surface area (TPSA) is 60.2 Å². The average molecular weight is 360 g/mol. The zero-order valence-electron chi connectivity index (χ0n) is 12.2. The number of thiazole rings is 1. The summed E-state index contributed by atoms with van der Waals surface area (Å²) in [6.45, 7) is 2.14. The minimum absolute atomic E-state index is 0.0384. The summed E-state index contributed by atoms with van der Waals surface area (Å²) in [6.07, 6.45) is 4.35. The van der Waals surface area contributed by atoms with Crippen LogP contribution >= 0.6 is 34.4 Å². The van der Waals surface area contributed by atoms with Gasteiger partial charge >= 0.3 is 0 Å². The quantitative estimate of drug-likeness (QED) is 0.411. The second kappa shape index (κ2) is 6.03. The molecule has 116 valence electrons. The molecule has 0 bridgehead atoms. The minimum Gasteiger partial charge on any atom is -0.269 e. The van der Waals surface area contributed by atoms with E-state index in [4.69, 9.17) is 0 Å². The summed E-state index contributed by atoms with van der Waals surface area (Å²) in [6, 6.07) is 3.75. The molecule has 0 saturated carbocycles. The number of thioether (sulfide) groups is 1. The molecule has 0 aliphatic carbocycles. The predicted octanol–water partition coefficient (Wildman–Crippen LogP) is 3.62. The van der Waals surface area contributed by atoms with Gasteiger partial charge in [0.1, 0.15) is 16.2 Å². The van der Waals surface area contributed by atoms with Crippen molar-refractivity contribution in [2.45, 2.75) is 24.1 Å². The summed E-state index contributed by atoms with van der Waals surface area (Å²) in [4.78, 5) is 28.3. The lowest BCUT2D eigenvalue weighted by molar-refractivity contribution is 1.04. The van der Waals surface area contributed by atoms with Crippen molar-refractivity contribution in [1.29, 1.82) is 0 Å². The van der Waals surface area contributed by atoms with E-state index in [-0.39, 0.29) is 5.56 Å². The summed E-state index contributed by atoms with van der Waals surface area (Å²) in [5, 5.41) is 3.90. The summed E-state index contributed by atoms with van der Waals surface area (Å²) in [5.41, 5.74) is 0.739.